The quantitative estimate of drug-likeness (QED) is 0.508. The van der Waals surface area contributed by atoms with Crippen molar-refractivity contribution < 1.29 is 27.8 Å². The smallest absolute Gasteiger partial charge is 0.306 e. The zero-order valence-electron chi connectivity index (χ0n) is 18.8. The molecule has 0 radical (unpaired) electrons. The molecular formula is C25H30F2N2O4. The lowest BCUT2D eigenvalue weighted by Crippen LogP contribution is -2.49. The average molecular weight is 461 g/mol. The van der Waals surface area contributed by atoms with E-state index < -0.39 is 17.7 Å². The topological polar surface area (TPSA) is 59.1 Å². The second-order valence-corrected chi connectivity index (χ2v) is 7.86. The Kier molecular flexibility index (Phi) is 9.33. The van der Waals surface area contributed by atoms with E-state index >= 15 is 0 Å². The number of ether oxygens (including phenoxy) is 2. The Labute approximate surface area is 193 Å². The van der Waals surface area contributed by atoms with Gasteiger partial charge < -0.3 is 14.4 Å². The SMILES string of the molecule is CCOC(=O)CCC(=O)N1CCN(CCOC(c2ccccc2)c2ccc(F)c(F)c2)CC1. The van der Waals surface area contributed by atoms with Gasteiger partial charge in [0.25, 0.3) is 0 Å². The first-order valence-electron chi connectivity index (χ1n) is 11.2. The van der Waals surface area contributed by atoms with Crippen molar-refractivity contribution in [2.24, 2.45) is 0 Å². The molecule has 0 aromatic heterocycles. The van der Waals surface area contributed by atoms with Gasteiger partial charge in [0.05, 0.1) is 19.6 Å². The maximum atomic E-state index is 13.8. The van der Waals surface area contributed by atoms with Crippen LogP contribution in [0.5, 0.6) is 0 Å². The fourth-order valence-electron chi connectivity index (χ4n) is 3.81. The molecule has 1 aliphatic heterocycles. The van der Waals surface area contributed by atoms with Crippen LogP contribution in [0.3, 0.4) is 0 Å². The number of hydrogen-bond acceptors (Lipinski definition) is 5. The molecule has 1 amide bonds. The normalized spacial score (nSPS) is 15.3. The van der Waals surface area contributed by atoms with Crippen molar-refractivity contribution in [1.82, 2.24) is 9.80 Å². The van der Waals surface area contributed by atoms with Gasteiger partial charge in [0.1, 0.15) is 6.10 Å². The fraction of sp³-hybridized carbons (Fsp3) is 0.440. The number of piperazine rings is 1. The van der Waals surface area contributed by atoms with Gasteiger partial charge in [-0.15, -0.1) is 0 Å². The van der Waals surface area contributed by atoms with Gasteiger partial charge in [-0.3, -0.25) is 14.5 Å². The maximum absolute atomic E-state index is 13.8. The summed E-state index contributed by atoms with van der Waals surface area (Å²) in [6, 6.07) is 13.3. The van der Waals surface area contributed by atoms with E-state index in [4.69, 9.17) is 9.47 Å². The number of carbonyl (C=O) groups excluding carboxylic acids is 2. The minimum atomic E-state index is -0.902. The summed E-state index contributed by atoms with van der Waals surface area (Å²) in [5, 5.41) is 0. The van der Waals surface area contributed by atoms with Crippen molar-refractivity contribution in [3.8, 4) is 0 Å². The Balaban J connectivity index is 1.48. The highest BCUT2D eigenvalue weighted by Gasteiger charge is 2.22. The van der Waals surface area contributed by atoms with Crippen LogP contribution in [-0.2, 0) is 19.1 Å². The molecule has 178 valence electrons. The standard InChI is InChI=1S/C25H30F2N2O4/c1-2-32-24(31)11-10-23(30)29-14-12-28(13-15-29)16-17-33-25(19-6-4-3-5-7-19)20-8-9-21(26)22(27)18-20/h3-9,18,25H,2,10-17H2,1H3. The molecule has 2 aromatic rings. The van der Waals surface area contributed by atoms with E-state index in [0.29, 0.717) is 51.5 Å². The van der Waals surface area contributed by atoms with Crippen molar-refractivity contribution in [1.29, 1.82) is 0 Å². The average Bonchev–Trinajstić information content (AvgIpc) is 2.83. The number of hydrogen-bond donors (Lipinski definition) is 0. The van der Waals surface area contributed by atoms with E-state index in [1.807, 2.05) is 30.3 Å². The van der Waals surface area contributed by atoms with E-state index in [-0.39, 0.29) is 24.7 Å². The third-order valence-corrected chi connectivity index (χ3v) is 5.61. The van der Waals surface area contributed by atoms with Gasteiger partial charge >= 0.3 is 5.97 Å². The Bertz CT molecular complexity index is 918. The van der Waals surface area contributed by atoms with Crippen LogP contribution >= 0.6 is 0 Å². The van der Waals surface area contributed by atoms with Gasteiger partial charge in [-0.2, -0.15) is 0 Å². The lowest BCUT2D eigenvalue weighted by atomic mass is 10.0. The van der Waals surface area contributed by atoms with Gasteiger partial charge in [0.2, 0.25) is 5.91 Å². The minimum absolute atomic E-state index is 0.0403. The lowest BCUT2D eigenvalue weighted by Gasteiger charge is -2.35. The van der Waals surface area contributed by atoms with Crippen LogP contribution in [0, 0.1) is 11.6 Å². The third-order valence-electron chi connectivity index (χ3n) is 5.61. The molecule has 6 nitrogen and oxygen atoms in total. The second-order valence-electron chi connectivity index (χ2n) is 7.86. The van der Waals surface area contributed by atoms with Crippen LogP contribution in [0.25, 0.3) is 0 Å². The number of nitrogens with zero attached hydrogens (tertiary/aromatic N) is 2. The first-order chi connectivity index (χ1) is 16.0. The van der Waals surface area contributed by atoms with Gasteiger partial charge in [0.15, 0.2) is 11.6 Å². The van der Waals surface area contributed by atoms with Crippen LogP contribution in [0.1, 0.15) is 37.0 Å². The number of benzene rings is 2. The minimum Gasteiger partial charge on any atom is -0.466 e. The van der Waals surface area contributed by atoms with Crippen molar-refractivity contribution in [3.05, 3.63) is 71.3 Å². The van der Waals surface area contributed by atoms with Gasteiger partial charge in [0, 0.05) is 39.1 Å². The lowest BCUT2D eigenvalue weighted by molar-refractivity contribution is -0.146. The molecule has 1 aliphatic rings. The highest BCUT2D eigenvalue weighted by molar-refractivity contribution is 5.81. The second kappa shape index (κ2) is 12.4. The summed E-state index contributed by atoms with van der Waals surface area (Å²) in [7, 11) is 0. The predicted octanol–water partition coefficient (Wildman–Crippen LogP) is 3.56. The van der Waals surface area contributed by atoms with Crippen LogP contribution in [0.15, 0.2) is 48.5 Å². The molecule has 0 aliphatic carbocycles. The van der Waals surface area contributed by atoms with Gasteiger partial charge in [-0.05, 0) is 30.2 Å². The number of esters is 1. The van der Waals surface area contributed by atoms with Crippen molar-refractivity contribution in [2.45, 2.75) is 25.9 Å². The van der Waals surface area contributed by atoms with Crippen LogP contribution in [0.2, 0.25) is 0 Å². The van der Waals surface area contributed by atoms with Crippen molar-refractivity contribution in [2.75, 3.05) is 45.9 Å². The number of amides is 1. The summed E-state index contributed by atoms with van der Waals surface area (Å²) >= 11 is 0. The molecule has 0 spiro atoms. The largest absolute Gasteiger partial charge is 0.466 e. The molecule has 0 bridgehead atoms. The molecule has 1 atom stereocenters. The molecule has 33 heavy (non-hydrogen) atoms. The van der Waals surface area contributed by atoms with Crippen LogP contribution in [-0.4, -0.2) is 67.6 Å². The van der Waals surface area contributed by atoms with E-state index in [9.17, 15) is 18.4 Å². The summed E-state index contributed by atoms with van der Waals surface area (Å²) in [5.41, 5.74) is 1.41. The maximum Gasteiger partial charge on any atom is 0.306 e. The van der Waals surface area contributed by atoms with E-state index in [1.54, 1.807) is 11.8 Å². The molecule has 8 heteroatoms. The summed E-state index contributed by atoms with van der Waals surface area (Å²) in [6.45, 7) is 5.69. The summed E-state index contributed by atoms with van der Waals surface area (Å²) in [5.74, 6) is -2.18. The fourth-order valence-corrected chi connectivity index (χ4v) is 3.81. The van der Waals surface area contributed by atoms with E-state index in [1.165, 1.54) is 12.1 Å². The number of halogens is 2. The first kappa shape index (κ1) is 24.8. The molecule has 1 unspecified atom stereocenters. The van der Waals surface area contributed by atoms with Crippen LogP contribution in [0.4, 0.5) is 8.78 Å². The highest BCUT2D eigenvalue weighted by atomic mass is 19.2. The molecule has 1 saturated heterocycles. The summed E-state index contributed by atoms with van der Waals surface area (Å²) in [4.78, 5) is 27.7. The molecule has 0 saturated carbocycles. The summed E-state index contributed by atoms with van der Waals surface area (Å²) in [6.07, 6.45) is -0.243. The van der Waals surface area contributed by atoms with Crippen molar-refractivity contribution >= 4 is 11.9 Å². The Morgan fingerprint density at radius 1 is 0.939 bits per heavy atom. The van der Waals surface area contributed by atoms with Gasteiger partial charge in [-0.25, -0.2) is 8.78 Å². The predicted molar refractivity (Wildman–Crippen MR) is 119 cm³/mol. The first-order valence-corrected chi connectivity index (χ1v) is 11.2. The Hall–Kier alpha value is -2.84. The zero-order chi connectivity index (χ0) is 23.6. The molecular weight excluding hydrogens is 430 g/mol. The monoisotopic (exact) mass is 460 g/mol. The Morgan fingerprint density at radius 3 is 2.33 bits per heavy atom. The molecule has 2 aromatic carbocycles. The van der Waals surface area contributed by atoms with E-state index in [0.717, 1.165) is 11.6 Å². The van der Waals surface area contributed by atoms with Gasteiger partial charge in [-0.1, -0.05) is 36.4 Å². The molecule has 1 heterocycles. The highest BCUT2D eigenvalue weighted by Crippen LogP contribution is 2.27. The van der Waals surface area contributed by atoms with E-state index in [2.05, 4.69) is 4.90 Å². The summed E-state index contributed by atoms with van der Waals surface area (Å²) < 4.78 is 38.2. The number of rotatable bonds is 10. The zero-order valence-corrected chi connectivity index (χ0v) is 18.8. The van der Waals surface area contributed by atoms with Crippen LogP contribution < -0.4 is 0 Å². The van der Waals surface area contributed by atoms with Crippen molar-refractivity contribution in [3.63, 3.8) is 0 Å². The Morgan fingerprint density at radius 2 is 1.67 bits per heavy atom. The molecule has 1 fully saturated rings. The number of carbonyl (C=O) groups is 2. The molecule has 3 rings (SSSR count). The third kappa shape index (κ3) is 7.33. The molecule has 0 N–H and O–H groups in total.